The first-order chi connectivity index (χ1) is 10.8. The molecule has 0 aliphatic carbocycles. The van der Waals surface area contributed by atoms with Gasteiger partial charge in [0.05, 0.1) is 36.8 Å². The minimum atomic E-state index is -1.22. The normalized spacial score (nSPS) is 22.4. The molecule has 0 radical (unpaired) electrons. The molecule has 1 aromatic rings. The summed E-state index contributed by atoms with van der Waals surface area (Å²) in [4.78, 5) is 25.4. The number of carbonyl (C=O) groups excluding carboxylic acids is 1. The molecule has 0 bridgehead atoms. The topological polar surface area (TPSA) is 76.1 Å². The van der Waals surface area contributed by atoms with Crippen LogP contribution in [-0.2, 0) is 16.1 Å². The summed E-state index contributed by atoms with van der Waals surface area (Å²) in [5.74, 6) is -1.82. The summed E-state index contributed by atoms with van der Waals surface area (Å²) in [6.07, 6.45) is 0. The summed E-state index contributed by atoms with van der Waals surface area (Å²) < 4.78 is 25.0. The molecule has 0 spiro atoms. The van der Waals surface area contributed by atoms with Crippen LogP contribution in [0.1, 0.15) is 29.8 Å². The van der Waals surface area contributed by atoms with Gasteiger partial charge in [-0.25, -0.2) is 9.18 Å². The number of fused-ring (bicyclic) bond motifs is 1. The Morgan fingerprint density at radius 2 is 2.09 bits per heavy atom. The maximum Gasteiger partial charge on any atom is 0.335 e. The number of rotatable bonds is 2. The number of carbonyl (C=O) groups is 2. The van der Waals surface area contributed by atoms with E-state index in [9.17, 15) is 14.0 Å². The number of halogens is 1. The fourth-order valence-electron chi connectivity index (χ4n) is 2.79. The molecule has 2 aliphatic heterocycles. The third-order valence-electron chi connectivity index (χ3n) is 4.36. The van der Waals surface area contributed by atoms with Crippen LogP contribution >= 0.6 is 0 Å². The van der Waals surface area contributed by atoms with E-state index in [0.29, 0.717) is 13.2 Å². The molecule has 6 nitrogen and oxygen atoms in total. The van der Waals surface area contributed by atoms with E-state index in [1.54, 1.807) is 4.90 Å². The van der Waals surface area contributed by atoms with Gasteiger partial charge in [0.15, 0.2) is 0 Å². The van der Waals surface area contributed by atoms with Crippen LogP contribution in [0.5, 0.6) is 5.75 Å². The molecular weight excluding hydrogens is 305 g/mol. The highest BCUT2D eigenvalue weighted by atomic mass is 19.1. The van der Waals surface area contributed by atoms with Crippen molar-refractivity contribution < 1.29 is 28.6 Å². The van der Waals surface area contributed by atoms with Gasteiger partial charge >= 0.3 is 5.97 Å². The minimum Gasteiger partial charge on any atom is -0.491 e. The van der Waals surface area contributed by atoms with Crippen molar-refractivity contribution in [2.75, 3.05) is 19.8 Å². The van der Waals surface area contributed by atoms with Crippen molar-refractivity contribution >= 4 is 11.9 Å². The molecule has 124 valence electrons. The van der Waals surface area contributed by atoms with Crippen molar-refractivity contribution in [1.82, 2.24) is 4.90 Å². The number of amides is 1. The number of carboxylic acid groups (broad SMARTS) is 1. The Labute approximate surface area is 132 Å². The van der Waals surface area contributed by atoms with Gasteiger partial charge in [0, 0.05) is 5.56 Å². The standard InChI is InChI=1S/C16H18FNO5/c1-9-6-23-13-4-10(14(19)20)3-12(17)11(13)5-18(9)15(21)16(2)7-22-8-16/h3-4,9H,5-8H2,1-2H3,(H,19,20). The summed E-state index contributed by atoms with van der Waals surface area (Å²) in [5, 5.41) is 9.02. The van der Waals surface area contributed by atoms with Crippen molar-refractivity contribution in [3.63, 3.8) is 0 Å². The molecule has 7 heteroatoms. The first-order valence-electron chi connectivity index (χ1n) is 7.39. The fourth-order valence-corrected chi connectivity index (χ4v) is 2.79. The van der Waals surface area contributed by atoms with Gasteiger partial charge < -0.3 is 19.5 Å². The number of ether oxygens (including phenoxy) is 2. The molecule has 2 aliphatic rings. The van der Waals surface area contributed by atoms with E-state index in [4.69, 9.17) is 14.6 Å². The lowest BCUT2D eigenvalue weighted by Gasteiger charge is -2.41. The van der Waals surface area contributed by atoms with Gasteiger partial charge in [-0.05, 0) is 26.0 Å². The number of hydrogen-bond acceptors (Lipinski definition) is 4. The van der Waals surface area contributed by atoms with E-state index in [1.165, 1.54) is 6.07 Å². The van der Waals surface area contributed by atoms with Crippen molar-refractivity contribution in [3.8, 4) is 5.75 Å². The van der Waals surface area contributed by atoms with Gasteiger partial charge in [0.25, 0.3) is 0 Å². The molecule has 1 fully saturated rings. The Morgan fingerprint density at radius 3 is 2.65 bits per heavy atom. The Hall–Kier alpha value is -2.15. The lowest BCUT2D eigenvalue weighted by atomic mass is 9.86. The maximum absolute atomic E-state index is 14.3. The monoisotopic (exact) mass is 323 g/mol. The van der Waals surface area contributed by atoms with Gasteiger partial charge in [-0.15, -0.1) is 0 Å². The van der Waals surface area contributed by atoms with Crippen LogP contribution in [0.25, 0.3) is 0 Å². The van der Waals surface area contributed by atoms with Gasteiger partial charge in [-0.2, -0.15) is 0 Å². The predicted octanol–water partition coefficient (Wildman–Crippen LogP) is 1.67. The van der Waals surface area contributed by atoms with Crippen molar-refractivity contribution in [2.45, 2.75) is 26.4 Å². The van der Waals surface area contributed by atoms with E-state index in [2.05, 4.69) is 0 Å². The molecule has 1 N–H and O–H groups in total. The molecule has 2 heterocycles. The zero-order valence-electron chi connectivity index (χ0n) is 13.0. The average molecular weight is 323 g/mol. The fraction of sp³-hybridized carbons (Fsp3) is 0.500. The van der Waals surface area contributed by atoms with E-state index >= 15 is 0 Å². The van der Waals surface area contributed by atoms with Crippen LogP contribution in [0.15, 0.2) is 12.1 Å². The Bertz CT molecular complexity index is 671. The highest BCUT2D eigenvalue weighted by Crippen LogP contribution is 2.34. The van der Waals surface area contributed by atoms with E-state index in [-0.39, 0.29) is 42.0 Å². The van der Waals surface area contributed by atoms with E-state index in [1.807, 2.05) is 13.8 Å². The number of aromatic carboxylic acids is 1. The molecule has 1 amide bonds. The van der Waals surface area contributed by atoms with Crippen LogP contribution in [0.2, 0.25) is 0 Å². The molecule has 1 atom stereocenters. The number of carboxylic acids is 1. The molecule has 1 saturated heterocycles. The van der Waals surface area contributed by atoms with Crippen LogP contribution in [-0.4, -0.2) is 47.7 Å². The second kappa shape index (κ2) is 5.49. The van der Waals surface area contributed by atoms with Crippen LogP contribution < -0.4 is 4.74 Å². The smallest absolute Gasteiger partial charge is 0.335 e. The number of hydrogen-bond donors (Lipinski definition) is 1. The molecule has 1 aromatic carbocycles. The maximum atomic E-state index is 14.3. The van der Waals surface area contributed by atoms with Gasteiger partial charge in [-0.1, -0.05) is 0 Å². The van der Waals surface area contributed by atoms with Crippen LogP contribution in [0.3, 0.4) is 0 Å². The zero-order chi connectivity index (χ0) is 16.8. The number of nitrogens with zero attached hydrogens (tertiary/aromatic N) is 1. The van der Waals surface area contributed by atoms with Gasteiger partial charge in [-0.3, -0.25) is 4.79 Å². The summed E-state index contributed by atoms with van der Waals surface area (Å²) in [5.41, 5.74) is -0.555. The molecule has 3 rings (SSSR count). The van der Waals surface area contributed by atoms with Gasteiger partial charge in [0.2, 0.25) is 5.91 Å². The molecule has 0 aromatic heterocycles. The van der Waals surface area contributed by atoms with Crippen molar-refractivity contribution in [3.05, 3.63) is 29.1 Å². The summed E-state index contributed by atoms with van der Waals surface area (Å²) in [6, 6.07) is 2.01. The Morgan fingerprint density at radius 1 is 1.39 bits per heavy atom. The Balaban J connectivity index is 1.95. The number of benzene rings is 1. The first-order valence-corrected chi connectivity index (χ1v) is 7.39. The third-order valence-corrected chi connectivity index (χ3v) is 4.36. The second-order valence-electron chi connectivity index (χ2n) is 6.39. The quantitative estimate of drug-likeness (QED) is 0.896. The highest BCUT2D eigenvalue weighted by molar-refractivity contribution is 5.88. The predicted molar refractivity (Wildman–Crippen MR) is 77.8 cm³/mol. The first kappa shape index (κ1) is 15.7. The SMILES string of the molecule is CC1COc2cc(C(=O)O)cc(F)c2CN1C(=O)C1(C)COC1. The third kappa shape index (κ3) is 2.65. The van der Waals surface area contributed by atoms with Crippen molar-refractivity contribution in [1.29, 1.82) is 0 Å². The lowest BCUT2D eigenvalue weighted by Crippen LogP contribution is -2.55. The zero-order valence-corrected chi connectivity index (χ0v) is 13.0. The molecular formula is C16H18FNO5. The van der Waals surface area contributed by atoms with Gasteiger partial charge in [0.1, 0.15) is 18.2 Å². The average Bonchev–Trinajstić information content (AvgIpc) is 2.64. The molecule has 1 unspecified atom stereocenters. The van der Waals surface area contributed by atoms with Crippen molar-refractivity contribution in [2.24, 2.45) is 5.41 Å². The van der Waals surface area contributed by atoms with E-state index in [0.717, 1.165) is 6.07 Å². The van der Waals surface area contributed by atoms with E-state index < -0.39 is 17.2 Å². The summed E-state index contributed by atoms with van der Waals surface area (Å²) in [6.45, 7) is 4.58. The second-order valence-corrected chi connectivity index (χ2v) is 6.39. The molecule has 0 saturated carbocycles. The van der Waals surface area contributed by atoms with Crippen LogP contribution in [0.4, 0.5) is 4.39 Å². The Kier molecular flexibility index (Phi) is 3.75. The summed E-state index contributed by atoms with van der Waals surface area (Å²) >= 11 is 0. The van der Waals surface area contributed by atoms with Crippen LogP contribution in [0, 0.1) is 11.2 Å². The summed E-state index contributed by atoms with van der Waals surface area (Å²) in [7, 11) is 0. The minimum absolute atomic E-state index is 0.0522. The largest absolute Gasteiger partial charge is 0.491 e. The highest BCUT2D eigenvalue weighted by Gasteiger charge is 2.45. The lowest BCUT2D eigenvalue weighted by molar-refractivity contribution is -0.171. The molecule has 23 heavy (non-hydrogen) atoms.